The number of anilines is 1. The molecule has 0 unspecified atom stereocenters. The normalized spacial score (nSPS) is 10.3. The van der Waals surface area contributed by atoms with Crippen LogP contribution in [0.15, 0.2) is 47.4 Å². The van der Waals surface area contributed by atoms with Gasteiger partial charge in [0.05, 0.1) is 5.69 Å². The molecule has 1 N–H and O–H groups in total. The third-order valence-corrected chi connectivity index (χ3v) is 2.94. The third-order valence-electron chi connectivity index (χ3n) is 2.94. The SMILES string of the molecule is CCn1cc(NCc2ccc(C)cc2)ccc1=O. The molecule has 0 amide bonds. The van der Waals surface area contributed by atoms with Crippen LogP contribution in [0.3, 0.4) is 0 Å². The van der Waals surface area contributed by atoms with Gasteiger partial charge in [-0.2, -0.15) is 0 Å². The van der Waals surface area contributed by atoms with Crippen molar-refractivity contribution < 1.29 is 0 Å². The van der Waals surface area contributed by atoms with Gasteiger partial charge in [0.25, 0.3) is 5.56 Å². The summed E-state index contributed by atoms with van der Waals surface area (Å²) in [7, 11) is 0. The Morgan fingerprint density at radius 3 is 2.50 bits per heavy atom. The quantitative estimate of drug-likeness (QED) is 0.894. The highest BCUT2D eigenvalue weighted by Crippen LogP contribution is 2.08. The van der Waals surface area contributed by atoms with Crippen LogP contribution in [0.5, 0.6) is 0 Å². The van der Waals surface area contributed by atoms with Gasteiger partial charge in [-0.25, -0.2) is 0 Å². The zero-order valence-corrected chi connectivity index (χ0v) is 10.8. The number of benzene rings is 1. The van der Waals surface area contributed by atoms with Crippen LogP contribution in [-0.4, -0.2) is 4.57 Å². The molecule has 1 heterocycles. The predicted octanol–water partition coefficient (Wildman–Crippen LogP) is 2.79. The molecule has 18 heavy (non-hydrogen) atoms. The van der Waals surface area contributed by atoms with Crippen LogP contribution >= 0.6 is 0 Å². The van der Waals surface area contributed by atoms with Gasteiger partial charge in [-0.3, -0.25) is 4.79 Å². The molecule has 0 saturated heterocycles. The molecule has 0 bridgehead atoms. The molecular formula is C15H18N2O. The van der Waals surface area contributed by atoms with Gasteiger partial charge in [-0.15, -0.1) is 0 Å². The van der Waals surface area contributed by atoms with E-state index in [0.717, 1.165) is 12.2 Å². The Bertz CT molecular complexity index is 570. The summed E-state index contributed by atoms with van der Waals surface area (Å²) >= 11 is 0. The topological polar surface area (TPSA) is 34.0 Å². The molecule has 0 aliphatic carbocycles. The van der Waals surface area contributed by atoms with Crippen LogP contribution in [0.4, 0.5) is 5.69 Å². The first-order valence-corrected chi connectivity index (χ1v) is 6.19. The van der Waals surface area contributed by atoms with E-state index in [1.54, 1.807) is 10.6 Å². The van der Waals surface area contributed by atoms with Crippen LogP contribution < -0.4 is 10.9 Å². The van der Waals surface area contributed by atoms with E-state index in [9.17, 15) is 4.79 Å². The fourth-order valence-electron chi connectivity index (χ4n) is 1.79. The number of nitrogens with one attached hydrogen (secondary N) is 1. The summed E-state index contributed by atoms with van der Waals surface area (Å²) in [4.78, 5) is 11.4. The average Bonchev–Trinajstić information content (AvgIpc) is 2.39. The number of aromatic nitrogens is 1. The fourth-order valence-corrected chi connectivity index (χ4v) is 1.79. The maximum atomic E-state index is 11.4. The number of nitrogens with zero attached hydrogens (tertiary/aromatic N) is 1. The van der Waals surface area contributed by atoms with Crippen molar-refractivity contribution in [3.05, 3.63) is 64.1 Å². The van der Waals surface area contributed by atoms with Gasteiger partial charge in [-0.1, -0.05) is 29.8 Å². The van der Waals surface area contributed by atoms with E-state index in [-0.39, 0.29) is 5.56 Å². The van der Waals surface area contributed by atoms with Gasteiger partial charge in [0.15, 0.2) is 0 Å². The van der Waals surface area contributed by atoms with Gasteiger partial charge in [0.1, 0.15) is 0 Å². The van der Waals surface area contributed by atoms with Crippen LogP contribution in [0.25, 0.3) is 0 Å². The minimum Gasteiger partial charge on any atom is -0.380 e. The molecular weight excluding hydrogens is 224 g/mol. The second kappa shape index (κ2) is 5.54. The minimum atomic E-state index is 0.0402. The lowest BCUT2D eigenvalue weighted by Gasteiger charge is -2.09. The maximum Gasteiger partial charge on any atom is 0.250 e. The zero-order valence-electron chi connectivity index (χ0n) is 10.8. The molecule has 1 aromatic carbocycles. The van der Waals surface area contributed by atoms with E-state index in [2.05, 4.69) is 36.5 Å². The lowest BCUT2D eigenvalue weighted by molar-refractivity contribution is 0.727. The van der Waals surface area contributed by atoms with Crippen LogP contribution in [-0.2, 0) is 13.1 Å². The number of rotatable bonds is 4. The molecule has 0 saturated carbocycles. The van der Waals surface area contributed by atoms with Gasteiger partial charge in [0, 0.05) is 25.4 Å². The predicted molar refractivity (Wildman–Crippen MR) is 74.9 cm³/mol. The van der Waals surface area contributed by atoms with Crippen LogP contribution in [0.1, 0.15) is 18.1 Å². The van der Waals surface area contributed by atoms with Crippen molar-refractivity contribution in [1.29, 1.82) is 0 Å². The molecule has 0 spiro atoms. The van der Waals surface area contributed by atoms with Crippen molar-refractivity contribution >= 4 is 5.69 Å². The van der Waals surface area contributed by atoms with Crippen molar-refractivity contribution in [2.24, 2.45) is 0 Å². The number of hydrogen-bond acceptors (Lipinski definition) is 2. The Kier molecular flexibility index (Phi) is 3.82. The molecule has 2 aromatic rings. The summed E-state index contributed by atoms with van der Waals surface area (Å²) in [5.41, 5.74) is 3.50. The summed E-state index contributed by atoms with van der Waals surface area (Å²) in [5.74, 6) is 0. The lowest BCUT2D eigenvalue weighted by atomic mass is 10.1. The largest absolute Gasteiger partial charge is 0.380 e. The standard InChI is InChI=1S/C15H18N2O/c1-3-17-11-14(8-9-15(17)18)16-10-13-6-4-12(2)5-7-13/h4-9,11,16H,3,10H2,1-2H3. The Hall–Kier alpha value is -2.03. The van der Waals surface area contributed by atoms with E-state index in [0.29, 0.717) is 6.54 Å². The summed E-state index contributed by atoms with van der Waals surface area (Å²) in [6.07, 6.45) is 1.86. The molecule has 94 valence electrons. The second-order valence-electron chi connectivity index (χ2n) is 4.38. The van der Waals surface area contributed by atoms with Crippen molar-refractivity contribution in [2.75, 3.05) is 5.32 Å². The van der Waals surface area contributed by atoms with Crippen molar-refractivity contribution in [2.45, 2.75) is 26.9 Å². The van der Waals surface area contributed by atoms with E-state index in [1.165, 1.54) is 11.1 Å². The first-order chi connectivity index (χ1) is 8.69. The summed E-state index contributed by atoms with van der Waals surface area (Å²) < 4.78 is 1.69. The van der Waals surface area contributed by atoms with Crippen LogP contribution in [0, 0.1) is 6.92 Å². The van der Waals surface area contributed by atoms with Crippen molar-refractivity contribution in [3.63, 3.8) is 0 Å². The van der Waals surface area contributed by atoms with Crippen LogP contribution in [0.2, 0.25) is 0 Å². The fraction of sp³-hybridized carbons (Fsp3) is 0.267. The Balaban J connectivity index is 2.06. The minimum absolute atomic E-state index is 0.0402. The Labute approximate surface area is 107 Å². The molecule has 3 heteroatoms. The molecule has 0 aliphatic rings. The molecule has 0 aliphatic heterocycles. The molecule has 1 aromatic heterocycles. The highest BCUT2D eigenvalue weighted by atomic mass is 16.1. The zero-order chi connectivity index (χ0) is 13.0. The highest BCUT2D eigenvalue weighted by Gasteiger charge is 1.97. The van der Waals surface area contributed by atoms with Gasteiger partial charge < -0.3 is 9.88 Å². The molecule has 0 radical (unpaired) electrons. The van der Waals surface area contributed by atoms with Gasteiger partial charge in [-0.05, 0) is 25.5 Å². The first-order valence-electron chi connectivity index (χ1n) is 6.19. The third kappa shape index (κ3) is 3.00. The Morgan fingerprint density at radius 1 is 1.11 bits per heavy atom. The monoisotopic (exact) mass is 242 g/mol. The van der Waals surface area contributed by atoms with Crippen molar-refractivity contribution in [3.8, 4) is 0 Å². The highest BCUT2D eigenvalue weighted by molar-refractivity contribution is 5.41. The summed E-state index contributed by atoms with van der Waals surface area (Å²) in [6.45, 7) is 5.50. The van der Waals surface area contributed by atoms with Crippen molar-refractivity contribution in [1.82, 2.24) is 4.57 Å². The molecule has 3 nitrogen and oxygen atoms in total. The van der Waals surface area contributed by atoms with E-state index in [1.807, 2.05) is 19.2 Å². The summed E-state index contributed by atoms with van der Waals surface area (Å²) in [6, 6.07) is 11.8. The first kappa shape index (κ1) is 12.4. The van der Waals surface area contributed by atoms with E-state index >= 15 is 0 Å². The molecule has 0 atom stereocenters. The van der Waals surface area contributed by atoms with E-state index < -0.39 is 0 Å². The number of pyridine rings is 1. The smallest absolute Gasteiger partial charge is 0.250 e. The Morgan fingerprint density at radius 2 is 1.83 bits per heavy atom. The second-order valence-corrected chi connectivity index (χ2v) is 4.38. The molecule has 2 rings (SSSR count). The van der Waals surface area contributed by atoms with E-state index in [4.69, 9.17) is 0 Å². The summed E-state index contributed by atoms with van der Waals surface area (Å²) in [5, 5.41) is 3.32. The average molecular weight is 242 g/mol. The van der Waals surface area contributed by atoms with Gasteiger partial charge in [0.2, 0.25) is 0 Å². The number of hydrogen-bond donors (Lipinski definition) is 1. The molecule has 0 fully saturated rings. The maximum absolute atomic E-state index is 11.4. The lowest BCUT2D eigenvalue weighted by Crippen LogP contribution is -2.17. The number of aryl methyl sites for hydroxylation is 2. The van der Waals surface area contributed by atoms with Gasteiger partial charge >= 0.3 is 0 Å².